The van der Waals surface area contributed by atoms with E-state index >= 15 is 0 Å². The van der Waals surface area contributed by atoms with Crippen molar-refractivity contribution in [1.29, 1.82) is 0 Å². The van der Waals surface area contributed by atoms with Crippen LogP contribution in [0.5, 0.6) is 5.75 Å². The van der Waals surface area contributed by atoms with Crippen LogP contribution in [0, 0.1) is 5.41 Å². The Balaban J connectivity index is 1.83. The summed E-state index contributed by atoms with van der Waals surface area (Å²) < 4.78 is 33.4. The number of nitrogens with zero attached hydrogens (tertiary/aromatic N) is 3. The molecule has 1 aliphatic carbocycles. The van der Waals surface area contributed by atoms with Gasteiger partial charge in [-0.3, -0.25) is 9.12 Å². The average molecular weight is 407 g/mol. The second kappa shape index (κ2) is 8.11. The van der Waals surface area contributed by atoms with Crippen molar-refractivity contribution >= 4 is 21.6 Å². The molecule has 1 fully saturated rings. The van der Waals surface area contributed by atoms with Crippen LogP contribution in [0.25, 0.3) is 5.65 Å². The Hall–Kier alpha value is -2.09. The summed E-state index contributed by atoms with van der Waals surface area (Å²) in [6, 6.07) is 1.86. The first-order valence-electron chi connectivity index (χ1n) is 9.91. The third kappa shape index (κ3) is 4.66. The van der Waals surface area contributed by atoms with Crippen LogP contribution in [-0.2, 0) is 10.0 Å². The minimum Gasteiger partial charge on any atom is -0.493 e. The van der Waals surface area contributed by atoms with Crippen LogP contribution in [-0.4, -0.2) is 35.9 Å². The highest BCUT2D eigenvalue weighted by Gasteiger charge is 2.29. The third-order valence-electron chi connectivity index (χ3n) is 5.80. The van der Waals surface area contributed by atoms with Crippen molar-refractivity contribution in [3.05, 3.63) is 30.5 Å². The summed E-state index contributed by atoms with van der Waals surface area (Å²) in [5, 5.41) is 8.06. The molecular weight excluding hydrogens is 376 g/mol. The summed E-state index contributed by atoms with van der Waals surface area (Å²) in [5.74, 6) is 1.48. The maximum Gasteiger partial charge on any atom is 0.242 e. The van der Waals surface area contributed by atoms with Crippen LogP contribution in [0.2, 0.25) is 0 Å². The maximum absolute atomic E-state index is 11.6. The first-order chi connectivity index (χ1) is 13.3. The summed E-state index contributed by atoms with van der Waals surface area (Å²) in [6.45, 7) is 8.99. The number of aromatic nitrogens is 3. The van der Waals surface area contributed by atoms with Crippen LogP contribution < -0.4 is 9.46 Å². The van der Waals surface area contributed by atoms with Gasteiger partial charge in [-0.05, 0) is 37.0 Å². The van der Waals surface area contributed by atoms with Crippen molar-refractivity contribution in [2.75, 3.05) is 17.6 Å². The minimum absolute atomic E-state index is 0.202. The summed E-state index contributed by atoms with van der Waals surface area (Å²) in [7, 11) is -3.42. The molecule has 3 rings (SSSR count). The molecule has 1 saturated carbocycles. The summed E-state index contributed by atoms with van der Waals surface area (Å²) in [6.07, 6.45) is 11.4. The number of sulfonamides is 1. The fraction of sp³-hybridized carbons (Fsp3) is 0.600. The Labute approximate surface area is 167 Å². The van der Waals surface area contributed by atoms with E-state index in [0.717, 1.165) is 56.1 Å². The predicted molar refractivity (Wildman–Crippen MR) is 111 cm³/mol. The van der Waals surface area contributed by atoms with Gasteiger partial charge in [0.05, 0.1) is 12.9 Å². The SMILES string of the molecule is C=CCC(CC)(CC)CCOc1cc2nnc(NS(C)(=O)=O)n2cc1C1CC1. The summed E-state index contributed by atoms with van der Waals surface area (Å²) in [4.78, 5) is 0. The molecule has 0 radical (unpaired) electrons. The molecule has 154 valence electrons. The normalized spacial score (nSPS) is 15.0. The lowest BCUT2D eigenvalue weighted by molar-refractivity contribution is 0.181. The summed E-state index contributed by atoms with van der Waals surface area (Å²) in [5.41, 5.74) is 1.88. The highest BCUT2D eigenvalue weighted by Crippen LogP contribution is 2.45. The number of hydrogen-bond donors (Lipinski definition) is 1. The van der Waals surface area contributed by atoms with Crippen LogP contribution in [0.3, 0.4) is 0 Å². The molecule has 2 heterocycles. The lowest BCUT2D eigenvalue weighted by Gasteiger charge is -2.30. The van der Waals surface area contributed by atoms with E-state index < -0.39 is 10.0 Å². The molecule has 0 amide bonds. The number of allylic oxidation sites excluding steroid dienone is 1. The Kier molecular flexibility index (Phi) is 5.98. The topological polar surface area (TPSA) is 85.6 Å². The van der Waals surface area contributed by atoms with Gasteiger partial charge >= 0.3 is 0 Å². The predicted octanol–water partition coefficient (Wildman–Crippen LogP) is 4.13. The fourth-order valence-corrected chi connectivity index (χ4v) is 4.14. The molecule has 8 heteroatoms. The van der Waals surface area contributed by atoms with E-state index in [1.54, 1.807) is 4.40 Å². The lowest BCUT2D eigenvalue weighted by Crippen LogP contribution is -2.21. The van der Waals surface area contributed by atoms with Gasteiger partial charge in [0.25, 0.3) is 0 Å². The lowest BCUT2D eigenvalue weighted by atomic mass is 9.77. The Morgan fingerprint density at radius 3 is 2.64 bits per heavy atom. The van der Waals surface area contributed by atoms with Gasteiger partial charge in [-0.15, -0.1) is 16.8 Å². The number of nitrogens with one attached hydrogen (secondary N) is 1. The van der Waals surface area contributed by atoms with E-state index in [0.29, 0.717) is 18.2 Å². The molecule has 28 heavy (non-hydrogen) atoms. The zero-order chi connectivity index (χ0) is 20.4. The zero-order valence-corrected chi connectivity index (χ0v) is 17.8. The second-order valence-corrected chi connectivity index (χ2v) is 9.54. The molecule has 0 bridgehead atoms. The molecular formula is C20H30N4O3S. The number of fused-ring (bicyclic) bond motifs is 1. The maximum atomic E-state index is 11.6. The smallest absolute Gasteiger partial charge is 0.242 e. The first kappa shape index (κ1) is 20.6. The largest absolute Gasteiger partial charge is 0.493 e. The van der Waals surface area contributed by atoms with E-state index in [9.17, 15) is 8.42 Å². The van der Waals surface area contributed by atoms with Crippen molar-refractivity contribution in [3.63, 3.8) is 0 Å². The quantitative estimate of drug-likeness (QED) is 0.567. The minimum atomic E-state index is -3.42. The molecule has 0 aromatic carbocycles. The van der Waals surface area contributed by atoms with E-state index in [4.69, 9.17) is 4.74 Å². The van der Waals surface area contributed by atoms with Crippen molar-refractivity contribution < 1.29 is 13.2 Å². The van der Waals surface area contributed by atoms with E-state index in [1.807, 2.05) is 18.3 Å². The monoisotopic (exact) mass is 406 g/mol. The van der Waals surface area contributed by atoms with Gasteiger partial charge in [0.15, 0.2) is 5.65 Å². The van der Waals surface area contributed by atoms with Crippen LogP contribution in [0.15, 0.2) is 24.9 Å². The zero-order valence-electron chi connectivity index (χ0n) is 16.9. The Morgan fingerprint density at radius 1 is 1.36 bits per heavy atom. The number of rotatable bonds is 11. The Morgan fingerprint density at radius 2 is 2.07 bits per heavy atom. The van der Waals surface area contributed by atoms with Gasteiger partial charge in [-0.1, -0.05) is 32.8 Å². The van der Waals surface area contributed by atoms with Gasteiger partial charge in [0.2, 0.25) is 16.0 Å². The molecule has 2 aromatic heterocycles. The van der Waals surface area contributed by atoms with Gasteiger partial charge in [-0.25, -0.2) is 8.42 Å². The van der Waals surface area contributed by atoms with Crippen LogP contribution >= 0.6 is 0 Å². The van der Waals surface area contributed by atoms with E-state index in [2.05, 4.69) is 35.3 Å². The molecule has 7 nitrogen and oxygen atoms in total. The molecule has 0 saturated heterocycles. The van der Waals surface area contributed by atoms with Crippen molar-refractivity contribution in [1.82, 2.24) is 14.6 Å². The van der Waals surface area contributed by atoms with Crippen LogP contribution in [0.1, 0.15) is 63.9 Å². The third-order valence-corrected chi connectivity index (χ3v) is 6.35. The number of pyridine rings is 1. The van der Waals surface area contributed by atoms with Crippen molar-refractivity contribution in [2.45, 2.75) is 58.3 Å². The Bertz CT molecular complexity index is 944. The molecule has 1 aliphatic rings. The first-order valence-corrected chi connectivity index (χ1v) is 11.8. The molecule has 0 spiro atoms. The molecule has 0 aliphatic heterocycles. The van der Waals surface area contributed by atoms with Crippen molar-refractivity contribution in [2.24, 2.45) is 5.41 Å². The number of anilines is 1. The van der Waals surface area contributed by atoms with E-state index in [-0.39, 0.29) is 11.4 Å². The highest BCUT2D eigenvalue weighted by atomic mass is 32.2. The number of hydrogen-bond acceptors (Lipinski definition) is 5. The standard InChI is InChI=1S/C20H30N4O3S/c1-5-10-20(6-2,7-3)11-12-27-17-13-18-21-22-19(23-28(4,25)26)24(18)14-16(17)15-8-9-15/h5,13-15H,1,6-12H2,2-4H3,(H,22,23). The molecule has 0 atom stereocenters. The van der Waals surface area contributed by atoms with Gasteiger partial charge < -0.3 is 4.74 Å². The fourth-order valence-electron chi connectivity index (χ4n) is 3.67. The van der Waals surface area contributed by atoms with E-state index in [1.165, 1.54) is 0 Å². The molecule has 0 unspecified atom stereocenters. The summed E-state index contributed by atoms with van der Waals surface area (Å²) >= 11 is 0. The van der Waals surface area contributed by atoms with Gasteiger partial charge in [0.1, 0.15) is 5.75 Å². The number of ether oxygens (including phenoxy) is 1. The average Bonchev–Trinajstić information content (AvgIpc) is 3.42. The second-order valence-electron chi connectivity index (χ2n) is 7.79. The molecule has 2 aromatic rings. The van der Waals surface area contributed by atoms with Crippen molar-refractivity contribution in [3.8, 4) is 5.75 Å². The highest BCUT2D eigenvalue weighted by molar-refractivity contribution is 7.91. The molecule has 1 N–H and O–H groups in total. The van der Waals surface area contributed by atoms with Gasteiger partial charge in [-0.2, -0.15) is 0 Å². The van der Waals surface area contributed by atoms with Crippen LogP contribution in [0.4, 0.5) is 5.95 Å². The van der Waals surface area contributed by atoms with Gasteiger partial charge in [0, 0.05) is 17.8 Å².